The predicted molar refractivity (Wildman–Crippen MR) is 77.6 cm³/mol. The molecular weight excluding hydrogens is 234 g/mol. The van der Waals surface area contributed by atoms with Crippen molar-refractivity contribution >= 4 is 0 Å². The van der Waals surface area contributed by atoms with Crippen molar-refractivity contribution in [2.24, 2.45) is 17.3 Å². The lowest BCUT2D eigenvalue weighted by Gasteiger charge is -2.40. The molecule has 19 heavy (non-hydrogen) atoms. The van der Waals surface area contributed by atoms with Crippen LogP contribution in [0.2, 0.25) is 0 Å². The molecule has 0 bridgehead atoms. The van der Waals surface area contributed by atoms with E-state index in [-0.39, 0.29) is 12.0 Å². The fourth-order valence-corrected chi connectivity index (χ4v) is 4.19. The van der Waals surface area contributed by atoms with Gasteiger partial charge in [0.05, 0.1) is 24.2 Å². The van der Waals surface area contributed by atoms with Crippen LogP contribution in [-0.4, -0.2) is 12.2 Å². The van der Waals surface area contributed by atoms with Crippen LogP contribution in [0.1, 0.15) is 72.1 Å². The monoisotopic (exact) mass is 263 g/mol. The van der Waals surface area contributed by atoms with Gasteiger partial charge in [-0.1, -0.05) is 40.0 Å². The van der Waals surface area contributed by atoms with Gasteiger partial charge in [-0.05, 0) is 43.4 Å². The van der Waals surface area contributed by atoms with Crippen molar-refractivity contribution in [3.63, 3.8) is 0 Å². The minimum atomic E-state index is 0.128. The summed E-state index contributed by atoms with van der Waals surface area (Å²) in [6, 6.07) is 2.49. The molecule has 0 aromatic carbocycles. The second-order valence-electron chi connectivity index (χ2n) is 7.58. The maximum atomic E-state index is 9.34. The smallest absolute Gasteiger partial charge is 0.0736 e. The van der Waals surface area contributed by atoms with E-state index in [4.69, 9.17) is 4.74 Å². The molecule has 0 heterocycles. The predicted octanol–water partition coefficient (Wildman–Crippen LogP) is 4.69. The fourth-order valence-electron chi connectivity index (χ4n) is 4.19. The fraction of sp³-hybridized carbons (Fsp3) is 0.941. The van der Waals surface area contributed by atoms with E-state index in [1.54, 1.807) is 0 Å². The Hall–Kier alpha value is -0.550. The molecule has 2 rings (SSSR count). The first-order chi connectivity index (χ1) is 9.00. The van der Waals surface area contributed by atoms with Gasteiger partial charge in [-0.15, -0.1) is 0 Å². The quantitative estimate of drug-likeness (QED) is 0.677. The summed E-state index contributed by atoms with van der Waals surface area (Å²) in [6.45, 7) is 7.05. The summed E-state index contributed by atoms with van der Waals surface area (Å²) in [5, 5.41) is 9.34. The number of rotatable bonds is 2. The summed E-state index contributed by atoms with van der Waals surface area (Å²) < 4.78 is 6.40. The van der Waals surface area contributed by atoms with E-state index in [0.29, 0.717) is 11.5 Å². The largest absolute Gasteiger partial charge is 0.374 e. The molecular formula is C17H29NO. The van der Waals surface area contributed by atoms with Crippen LogP contribution in [-0.2, 0) is 4.74 Å². The van der Waals surface area contributed by atoms with Crippen LogP contribution in [0.4, 0.5) is 0 Å². The van der Waals surface area contributed by atoms with Crippen LogP contribution in [0, 0.1) is 28.6 Å². The number of hydrogen-bond acceptors (Lipinski definition) is 2. The lowest BCUT2D eigenvalue weighted by molar-refractivity contribution is -0.0802. The maximum absolute atomic E-state index is 9.34. The van der Waals surface area contributed by atoms with E-state index < -0.39 is 0 Å². The van der Waals surface area contributed by atoms with Crippen molar-refractivity contribution in [1.29, 1.82) is 5.26 Å². The second kappa shape index (κ2) is 6.27. The average Bonchev–Trinajstić information content (AvgIpc) is 2.51. The van der Waals surface area contributed by atoms with Gasteiger partial charge >= 0.3 is 0 Å². The first-order valence-electron chi connectivity index (χ1n) is 8.05. The molecule has 2 heteroatoms. The molecule has 0 aliphatic heterocycles. The summed E-state index contributed by atoms with van der Waals surface area (Å²) >= 11 is 0. The average molecular weight is 263 g/mol. The topological polar surface area (TPSA) is 33.0 Å². The molecule has 2 saturated carbocycles. The number of hydrogen-bond donors (Lipinski definition) is 0. The highest BCUT2D eigenvalue weighted by Gasteiger charge is 2.35. The van der Waals surface area contributed by atoms with Crippen LogP contribution < -0.4 is 0 Å². The third-order valence-electron chi connectivity index (χ3n) is 4.83. The minimum absolute atomic E-state index is 0.128. The van der Waals surface area contributed by atoms with Crippen molar-refractivity contribution in [1.82, 2.24) is 0 Å². The van der Waals surface area contributed by atoms with E-state index >= 15 is 0 Å². The van der Waals surface area contributed by atoms with Crippen molar-refractivity contribution in [2.75, 3.05) is 0 Å². The Balaban J connectivity index is 1.96. The van der Waals surface area contributed by atoms with Gasteiger partial charge in [-0.25, -0.2) is 0 Å². The molecule has 2 aliphatic carbocycles. The summed E-state index contributed by atoms with van der Waals surface area (Å²) in [6.07, 6.45) is 10.0. The Bertz CT molecular complexity index is 331. The van der Waals surface area contributed by atoms with Crippen LogP contribution in [0.3, 0.4) is 0 Å². The third kappa shape index (κ3) is 4.21. The van der Waals surface area contributed by atoms with E-state index in [0.717, 1.165) is 25.2 Å². The van der Waals surface area contributed by atoms with Gasteiger partial charge in [-0.2, -0.15) is 5.26 Å². The minimum Gasteiger partial charge on any atom is -0.374 e. The molecule has 0 aromatic heterocycles. The molecule has 0 saturated heterocycles. The Labute approximate surface area is 118 Å². The van der Waals surface area contributed by atoms with Gasteiger partial charge in [0, 0.05) is 0 Å². The van der Waals surface area contributed by atoms with Crippen molar-refractivity contribution in [2.45, 2.75) is 84.3 Å². The van der Waals surface area contributed by atoms with Crippen LogP contribution in [0.25, 0.3) is 0 Å². The number of ether oxygens (including phenoxy) is 1. The molecule has 4 unspecified atom stereocenters. The lowest BCUT2D eigenvalue weighted by atomic mass is 9.71. The number of nitriles is 1. The molecule has 0 spiro atoms. The van der Waals surface area contributed by atoms with E-state index in [2.05, 4.69) is 26.8 Å². The van der Waals surface area contributed by atoms with Crippen LogP contribution >= 0.6 is 0 Å². The van der Waals surface area contributed by atoms with Gasteiger partial charge < -0.3 is 4.74 Å². The molecule has 0 aromatic rings. The molecule has 0 radical (unpaired) electrons. The first-order valence-corrected chi connectivity index (χ1v) is 8.05. The zero-order valence-electron chi connectivity index (χ0n) is 12.8. The van der Waals surface area contributed by atoms with E-state index in [9.17, 15) is 5.26 Å². The van der Waals surface area contributed by atoms with Crippen LogP contribution in [0.5, 0.6) is 0 Å². The standard InChI is InChI=1S/C17H29NO/c1-13-9-15(11-17(2,3)10-13)19-16-8-6-4-5-7-14(16)12-18/h13-16H,4-11H2,1-3H3. The highest BCUT2D eigenvalue weighted by Crippen LogP contribution is 2.41. The van der Waals surface area contributed by atoms with Gasteiger partial charge in [0.2, 0.25) is 0 Å². The summed E-state index contributed by atoms with van der Waals surface area (Å²) in [4.78, 5) is 0. The Morgan fingerprint density at radius 1 is 1.11 bits per heavy atom. The highest BCUT2D eigenvalue weighted by atomic mass is 16.5. The molecule has 0 N–H and O–H groups in total. The maximum Gasteiger partial charge on any atom is 0.0736 e. The first kappa shape index (κ1) is 14.9. The van der Waals surface area contributed by atoms with Gasteiger partial charge in [0.25, 0.3) is 0 Å². The summed E-state index contributed by atoms with van der Waals surface area (Å²) in [7, 11) is 0. The number of nitrogens with zero attached hydrogens (tertiary/aromatic N) is 1. The summed E-state index contributed by atoms with van der Waals surface area (Å²) in [5.41, 5.74) is 0.398. The van der Waals surface area contributed by atoms with Gasteiger partial charge in [0.1, 0.15) is 0 Å². The molecule has 2 fully saturated rings. The normalized spacial score (nSPS) is 39.3. The summed E-state index contributed by atoms with van der Waals surface area (Å²) in [5.74, 6) is 0.878. The van der Waals surface area contributed by atoms with Gasteiger partial charge in [0.15, 0.2) is 0 Å². The SMILES string of the molecule is CC1CC(OC2CCCCCC2C#N)CC(C)(C)C1. The van der Waals surface area contributed by atoms with Crippen molar-refractivity contribution < 1.29 is 4.74 Å². The van der Waals surface area contributed by atoms with Crippen molar-refractivity contribution in [3.05, 3.63) is 0 Å². The molecule has 108 valence electrons. The third-order valence-corrected chi connectivity index (χ3v) is 4.83. The highest BCUT2D eigenvalue weighted by molar-refractivity contribution is 4.92. The van der Waals surface area contributed by atoms with Crippen LogP contribution in [0.15, 0.2) is 0 Å². The van der Waals surface area contributed by atoms with Crippen molar-refractivity contribution in [3.8, 4) is 6.07 Å². The Kier molecular flexibility index (Phi) is 4.90. The molecule has 4 atom stereocenters. The van der Waals surface area contributed by atoms with E-state index in [1.807, 2.05) is 0 Å². The Morgan fingerprint density at radius 3 is 2.53 bits per heavy atom. The molecule has 2 aliphatic rings. The molecule has 0 amide bonds. The Morgan fingerprint density at radius 2 is 1.84 bits per heavy atom. The van der Waals surface area contributed by atoms with Gasteiger partial charge in [-0.3, -0.25) is 0 Å². The lowest BCUT2D eigenvalue weighted by Crippen LogP contribution is -2.36. The second-order valence-corrected chi connectivity index (χ2v) is 7.58. The zero-order valence-corrected chi connectivity index (χ0v) is 12.8. The zero-order chi connectivity index (χ0) is 13.9. The molecule has 2 nitrogen and oxygen atoms in total. The van der Waals surface area contributed by atoms with E-state index in [1.165, 1.54) is 32.1 Å².